The van der Waals surface area contributed by atoms with E-state index in [0.29, 0.717) is 12.3 Å². The van der Waals surface area contributed by atoms with Gasteiger partial charge in [-0.1, -0.05) is 60.1 Å². The van der Waals surface area contributed by atoms with Gasteiger partial charge >= 0.3 is 6.09 Å². The molecule has 168 valence electrons. The molecule has 0 fully saturated rings. The highest BCUT2D eigenvalue weighted by Gasteiger charge is 2.25. The van der Waals surface area contributed by atoms with Crippen LogP contribution in [0.3, 0.4) is 0 Å². The number of hydrogen-bond donors (Lipinski definition) is 2. The first-order valence-electron chi connectivity index (χ1n) is 10.3. The molecule has 2 aromatic rings. The lowest BCUT2D eigenvalue weighted by Crippen LogP contribution is -2.48. The van der Waals surface area contributed by atoms with Crippen LogP contribution in [0, 0.1) is 0 Å². The average Bonchev–Trinajstić information content (AvgIpc) is 2.67. The molecule has 0 unspecified atom stereocenters. The normalized spacial score (nSPS) is 12.4. The van der Waals surface area contributed by atoms with Gasteiger partial charge in [-0.3, -0.25) is 4.79 Å². The summed E-state index contributed by atoms with van der Waals surface area (Å²) in [6.07, 6.45) is -0.671. The lowest BCUT2D eigenvalue weighted by molar-refractivity contribution is -0.119. The van der Waals surface area contributed by atoms with Gasteiger partial charge in [0.15, 0.2) is 0 Å². The number of ether oxygens (including phenoxy) is 2. The Kier molecular flexibility index (Phi) is 9.07. The van der Waals surface area contributed by atoms with Gasteiger partial charge in [-0.2, -0.15) is 0 Å². The van der Waals surface area contributed by atoms with Gasteiger partial charge < -0.3 is 20.1 Å². The zero-order valence-corrected chi connectivity index (χ0v) is 20.3. The molecule has 0 bridgehead atoms. The number of benzene rings is 2. The Morgan fingerprint density at radius 3 is 2.35 bits per heavy atom. The number of hydrogen-bond acceptors (Lipinski definition) is 4. The maximum absolute atomic E-state index is 13.0. The van der Waals surface area contributed by atoms with E-state index in [-0.39, 0.29) is 18.4 Å². The standard InChI is InChI=1S/C24H31BrN2O4/c1-16(2)19-13-18(25)11-12-20(19)26-22(28)21(27-23(29)31-24(3,4)5)15-30-14-17-9-7-6-8-10-17/h6-13,16,21H,14-15H2,1-5H3,(H,26,28)(H,27,29)/t21-/m0/s1. The van der Waals surface area contributed by atoms with Crippen molar-refractivity contribution in [1.82, 2.24) is 5.32 Å². The lowest BCUT2D eigenvalue weighted by Gasteiger charge is -2.24. The molecule has 6 nitrogen and oxygen atoms in total. The van der Waals surface area contributed by atoms with Gasteiger partial charge in [0.1, 0.15) is 11.6 Å². The highest BCUT2D eigenvalue weighted by molar-refractivity contribution is 9.10. The molecular formula is C24H31BrN2O4. The van der Waals surface area contributed by atoms with E-state index in [0.717, 1.165) is 15.6 Å². The van der Waals surface area contributed by atoms with Crippen LogP contribution in [0.4, 0.5) is 10.5 Å². The van der Waals surface area contributed by atoms with Gasteiger partial charge in [0.05, 0.1) is 13.2 Å². The molecule has 0 aliphatic rings. The molecule has 2 rings (SSSR count). The molecule has 1 atom stereocenters. The topological polar surface area (TPSA) is 76.7 Å². The minimum atomic E-state index is -0.915. The summed E-state index contributed by atoms with van der Waals surface area (Å²) in [6, 6.07) is 14.4. The van der Waals surface area contributed by atoms with Crippen LogP contribution in [-0.4, -0.2) is 30.3 Å². The number of halogens is 1. The van der Waals surface area contributed by atoms with E-state index in [9.17, 15) is 9.59 Å². The molecular weight excluding hydrogens is 460 g/mol. The number of anilines is 1. The first-order valence-corrected chi connectivity index (χ1v) is 11.1. The van der Waals surface area contributed by atoms with Crippen molar-refractivity contribution < 1.29 is 19.1 Å². The largest absolute Gasteiger partial charge is 0.444 e. The fourth-order valence-electron chi connectivity index (χ4n) is 2.85. The molecule has 0 aliphatic carbocycles. The van der Waals surface area contributed by atoms with Gasteiger partial charge in [0.25, 0.3) is 0 Å². The van der Waals surface area contributed by atoms with Gasteiger partial charge in [-0.25, -0.2) is 4.79 Å². The first-order chi connectivity index (χ1) is 14.5. The predicted octanol–water partition coefficient (Wildman–Crippen LogP) is 5.62. The van der Waals surface area contributed by atoms with Crippen LogP contribution in [0.2, 0.25) is 0 Å². The van der Waals surface area contributed by atoms with Crippen molar-refractivity contribution in [3.8, 4) is 0 Å². The fraction of sp³-hybridized carbons (Fsp3) is 0.417. The highest BCUT2D eigenvalue weighted by atomic mass is 79.9. The van der Waals surface area contributed by atoms with Crippen molar-refractivity contribution in [3.05, 3.63) is 64.1 Å². The van der Waals surface area contributed by atoms with Gasteiger partial charge in [-0.05, 0) is 56.0 Å². The number of carbonyl (C=O) groups excluding carboxylic acids is 2. The van der Waals surface area contributed by atoms with Crippen LogP contribution in [0.25, 0.3) is 0 Å². The number of carbonyl (C=O) groups is 2. The monoisotopic (exact) mass is 490 g/mol. The summed E-state index contributed by atoms with van der Waals surface area (Å²) in [6.45, 7) is 9.75. The number of amides is 2. The van der Waals surface area contributed by atoms with Crippen molar-refractivity contribution in [1.29, 1.82) is 0 Å². The SMILES string of the molecule is CC(C)c1cc(Br)ccc1NC(=O)[C@H](COCc1ccccc1)NC(=O)OC(C)(C)C. The zero-order chi connectivity index (χ0) is 23.0. The second kappa shape index (κ2) is 11.3. The summed E-state index contributed by atoms with van der Waals surface area (Å²) < 4.78 is 12.0. The van der Waals surface area contributed by atoms with E-state index in [1.807, 2.05) is 48.5 Å². The quantitative estimate of drug-likeness (QED) is 0.503. The Morgan fingerprint density at radius 1 is 1.06 bits per heavy atom. The molecule has 2 amide bonds. The molecule has 7 heteroatoms. The van der Waals surface area contributed by atoms with E-state index in [1.54, 1.807) is 20.8 Å². The molecule has 0 saturated carbocycles. The maximum Gasteiger partial charge on any atom is 0.408 e. The molecule has 31 heavy (non-hydrogen) atoms. The van der Waals surface area contributed by atoms with Gasteiger partial charge in [0.2, 0.25) is 5.91 Å². The molecule has 0 aromatic heterocycles. The summed E-state index contributed by atoms with van der Waals surface area (Å²) in [4.78, 5) is 25.3. The van der Waals surface area contributed by atoms with E-state index >= 15 is 0 Å². The van der Waals surface area contributed by atoms with Gasteiger partial charge in [-0.15, -0.1) is 0 Å². The van der Waals surface area contributed by atoms with Crippen LogP contribution in [0.15, 0.2) is 53.0 Å². The Morgan fingerprint density at radius 2 is 1.74 bits per heavy atom. The number of nitrogens with one attached hydrogen (secondary N) is 2. The summed E-state index contributed by atoms with van der Waals surface area (Å²) >= 11 is 3.47. The third kappa shape index (κ3) is 8.71. The summed E-state index contributed by atoms with van der Waals surface area (Å²) in [5.41, 5.74) is 1.99. The van der Waals surface area contributed by atoms with E-state index in [1.165, 1.54) is 0 Å². The minimum absolute atomic E-state index is 0.00745. The summed E-state index contributed by atoms with van der Waals surface area (Å²) in [7, 11) is 0. The van der Waals surface area contributed by atoms with Crippen molar-refractivity contribution in [2.24, 2.45) is 0 Å². The second-order valence-corrected chi connectivity index (χ2v) is 9.49. The third-order valence-electron chi connectivity index (χ3n) is 4.30. The average molecular weight is 491 g/mol. The van der Waals surface area contributed by atoms with Crippen molar-refractivity contribution in [3.63, 3.8) is 0 Å². The predicted molar refractivity (Wildman–Crippen MR) is 126 cm³/mol. The van der Waals surface area contributed by atoms with Crippen molar-refractivity contribution in [2.75, 3.05) is 11.9 Å². The molecule has 0 radical (unpaired) electrons. The van der Waals surface area contributed by atoms with E-state index < -0.39 is 17.7 Å². The Balaban J connectivity index is 2.12. The van der Waals surface area contributed by atoms with Gasteiger partial charge in [0, 0.05) is 10.2 Å². The van der Waals surface area contributed by atoms with Crippen LogP contribution < -0.4 is 10.6 Å². The molecule has 2 aromatic carbocycles. The van der Waals surface area contributed by atoms with Crippen LogP contribution in [0.5, 0.6) is 0 Å². The number of rotatable bonds is 8. The van der Waals surface area contributed by atoms with Crippen LogP contribution in [0.1, 0.15) is 51.7 Å². The first kappa shape index (κ1) is 24.9. The molecule has 0 spiro atoms. The van der Waals surface area contributed by atoms with Crippen molar-refractivity contribution in [2.45, 2.75) is 58.8 Å². The summed E-state index contributed by atoms with van der Waals surface area (Å²) in [5, 5.41) is 5.56. The fourth-order valence-corrected chi connectivity index (χ4v) is 3.23. The van der Waals surface area contributed by atoms with Crippen molar-refractivity contribution >= 4 is 33.6 Å². The molecule has 0 heterocycles. The third-order valence-corrected chi connectivity index (χ3v) is 4.79. The van der Waals surface area contributed by atoms with E-state index in [2.05, 4.69) is 40.4 Å². The second-order valence-electron chi connectivity index (χ2n) is 8.58. The smallest absolute Gasteiger partial charge is 0.408 e. The highest BCUT2D eigenvalue weighted by Crippen LogP contribution is 2.27. The number of alkyl carbamates (subject to hydrolysis) is 1. The van der Waals surface area contributed by atoms with Crippen LogP contribution in [-0.2, 0) is 20.9 Å². The zero-order valence-electron chi connectivity index (χ0n) is 18.7. The lowest BCUT2D eigenvalue weighted by atomic mass is 10.0. The molecule has 0 saturated heterocycles. The summed E-state index contributed by atoms with van der Waals surface area (Å²) in [5.74, 6) is -0.164. The molecule has 2 N–H and O–H groups in total. The Hall–Kier alpha value is -2.38. The van der Waals surface area contributed by atoms with E-state index in [4.69, 9.17) is 9.47 Å². The minimum Gasteiger partial charge on any atom is -0.444 e. The Bertz CT molecular complexity index is 879. The molecule has 0 aliphatic heterocycles. The Labute approximate surface area is 192 Å². The van der Waals surface area contributed by atoms with Crippen LogP contribution >= 0.6 is 15.9 Å². The maximum atomic E-state index is 13.0.